The highest BCUT2D eigenvalue weighted by Gasteiger charge is 2.24. The second kappa shape index (κ2) is 6.83. The first-order valence-corrected chi connectivity index (χ1v) is 4.75. The maximum Gasteiger partial charge on any atom is 0.225 e. The monoisotopic (exact) mass is 268 g/mol. The predicted octanol–water partition coefficient (Wildman–Crippen LogP) is 1.39. The minimum absolute atomic E-state index is 0. The molecular weight excluding hydrogens is 254 g/mol. The Morgan fingerprint density at radius 1 is 1.38 bits per heavy atom. The Kier molecular flexibility index (Phi) is 6.55. The SMILES string of the molecule is Cl.Cl.NCC1CCCN1c1ncc(F)cn1. The molecule has 0 aromatic carbocycles. The maximum absolute atomic E-state index is 12.6. The Morgan fingerprint density at radius 2 is 2.00 bits per heavy atom. The zero-order valence-corrected chi connectivity index (χ0v) is 10.3. The first kappa shape index (κ1) is 15.3. The molecule has 2 N–H and O–H groups in total. The summed E-state index contributed by atoms with van der Waals surface area (Å²) in [7, 11) is 0. The van der Waals surface area contributed by atoms with Gasteiger partial charge in [0.1, 0.15) is 0 Å². The smallest absolute Gasteiger partial charge is 0.225 e. The van der Waals surface area contributed by atoms with E-state index in [1.165, 1.54) is 12.4 Å². The topological polar surface area (TPSA) is 55.0 Å². The zero-order chi connectivity index (χ0) is 9.97. The highest BCUT2D eigenvalue weighted by Crippen LogP contribution is 2.20. The lowest BCUT2D eigenvalue weighted by Gasteiger charge is -2.22. The van der Waals surface area contributed by atoms with Gasteiger partial charge >= 0.3 is 0 Å². The molecule has 1 aromatic heterocycles. The molecule has 0 radical (unpaired) electrons. The lowest BCUT2D eigenvalue weighted by atomic mass is 10.2. The Hall–Kier alpha value is -0.650. The minimum Gasteiger partial charge on any atom is -0.337 e. The average Bonchev–Trinajstić information content (AvgIpc) is 2.67. The van der Waals surface area contributed by atoms with Gasteiger partial charge in [-0.15, -0.1) is 24.8 Å². The fourth-order valence-electron chi connectivity index (χ4n) is 1.80. The van der Waals surface area contributed by atoms with Crippen LogP contribution in [0.1, 0.15) is 12.8 Å². The maximum atomic E-state index is 12.6. The largest absolute Gasteiger partial charge is 0.337 e. The number of rotatable bonds is 2. The highest BCUT2D eigenvalue weighted by molar-refractivity contribution is 5.85. The van der Waals surface area contributed by atoms with Crippen LogP contribution in [-0.2, 0) is 0 Å². The Labute approximate surface area is 106 Å². The summed E-state index contributed by atoms with van der Waals surface area (Å²) in [6, 6.07) is 0.306. The summed E-state index contributed by atoms with van der Waals surface area (Å²) in [5.74, 6) is 0.177. The molecule has 0 spiro atoms. The fraction of sp³-hybridized carbons (Fsp3) is 0.556. The van der Waals surface area contributed by atoms with E-state index in [1.807, 2.05) is 4.90 Å². The summed E-state index contributed by atoms with van der Waals surface area (Å²) in [4.78, 5) is 9.93. The van der Waals surface area contributed by atoms with Crippen LogP contribution < -0.4 is 10.6 Å². The lowest BCUT2D eigenvalue weighted by molar-refractivity contribution is 0.607. The van der Waals surface area contributed by atoms with E-state index in [4.69, 9.17) is 5.73 Å². The predicted molar refractivity (Wildman–Crippen MR) is 65.9 cm³/mol. The average molecular weight is 269 g/mol. The van der Waals surface area contributed by atoms with Crippen molar-refractivity contribution in [1.29, 1.82) is 0 Å². The molecule has 1 aromatic rings. The van der Waals surface area contributed by atoms with Gasteiger partial charge in [0.25, 0.3) is 0 Å². The molecule has 92 valence electrons. The standard InChI is InChI=1S/C9H13FN4.2ClH/c10-7-5-12-9(13-6-7)14-3-1-2-8(14)4-11;;/h5-6,8H,1-4,11H2;2*1H. The van der Waals surface area contributed by atoms with E-state index in [-0.39, 0.29) is 24.8 Å². The Balaban J connectivity index is 0.00000112. The van der Waals surface area contributed by atoms with Crippen molar-refractivity contribution in [3.05, 3.63) is 18.2 Å². The molecule has 1 atom stereocenters. The summed E-state index contributed by atoms with van der Waals surface area (Å²) in [6.07, 6.45) is 4.54. The molecule has 0 aliphatic carbocycles. The third-order valence-corrected chi connectivity index (χ3v) is 2.51. The van der Waals surface area contributed by atoms with Gasteiger partial charge < -0.3 is 10.6 Å². The summed E-state index contributed by atoms with van der Waals surface area (Å²) in [5, 5.41) is 0. The Bertz CT molecular complexity index is 309. The van der Waals surface area contributed by atoms with Crippen molar-refractivity contribution in [2.45, 2.75) is 18.9 Å². The van der Waals surface area contributed by atoms with Crippen LogP contribution in [0.5, 0.6) is 0 Å². The quantitative estimate of drug-likeness (QED) is 0.881. The van der Waals surface area contributed by atoms with E-state index in [9.17, 15) is 4.39 Å². The molecule has 0 amide bonds. The van der Waals surface area contributed by atoms with E-state index < -0.39 is 5.82 Å². The molecule has 2 heterocycles. The van der Waals surface area contributed by atoms with Crippen molar-refractivity contribution in [3.8, 4) is 0 Å². The van der Waals surface area contributed by atoms with Crippen molar-refractivity contribution in [3.63, 3.8) is 0 Å². The van der Waals surface area contributed by atoms with Crippen molar-refractivity contribution >= 4 is 30.8 Å². The number of aromatic nitrogens is 2. The van der Waals surface area contributed by atoms with Gasteiger partial charge in [-0.1, -0.05) is 0 Å². The first-order chi connectivity index (χ1) is 6.81. The number of hydrogen-bond donors (Lipinski definition) is 1. The zero-order valence-electron chi connectivity index (χ0n) is 8.67. The van der Waals surface area contributed by atoms with E-state index in [0.717, 1.165) is 19.4 Å². The molecule has 0 saturated carbocycles. The van der Waals surface area contributed by atoms with Crippen molar-refractivity contribution in [1.82, 2.24) is 9.97 Å². The van der Waals surface area contributed by atoms with Gasteiger partial charge in [0.05, 0.1) is 12.4 Å². The van der Waals surface area contributed by atoms with Crippen molar-refractivity contribution < 1.29 is 4.39 Å². The van der Waals surface area contributed by atoms with Crippen LogP contribution in [-0.4, -0.2) is 29.1 Å². The second-order valence-corrected chi connectivity index (χ2v) is 3.43. The number of nitrogens with two attached hydrogens (primary N) is 1. The molecule has 0 bridgehead atoms. The van der Waals surface area contributed by atoms with E-state index in [1.54, 1.807) is 0 Å². The summed E-state index contributed by atoms with van der Waals surface area (Å²) < 4.78 is 12.6. The number of halogens is 3. The lowest BCUT2D eigenvalue weighted by Crippen LogP contribution is -2.36. The molecule has 7 heteroatoms. The molecular formula is C9H15Cl2FN4. The van der Waals surface area contributed by atoms with Gasteiger partial charge in [-0.2, -0.15) is 0 Å². The van der Waals surface area contributed by atoms with Crippen LogP contribution in [0.25, 0.3) is 0 Å². The number of anilines is 1. The summed E-state index contributed by atoms with van der Waals surface area (Å²) >= 11 is 0. The molecule has 1 saturated heterocycles. The fourth-order valence-corrected chi connectivity index (χ4v) is 1.80. The van der Waals surface area contributed by atoms with Crippen LogP contribution in [0.3, 0.4) is 0 Å². The first-order valence-electron chi connectivity index (χ1n) is 4.75. The van der Waals surface area contributed by atoms with Gasteiger partial charge in [-0.3, -0.25) is 0 Å². The normalized spacial score (nSPS) is 18.9. The highest BCUT2D eigenvalue weighted by atomic mass is 35.5. The third-order valence-electron chi connectivity index (χ3n) is 2.51. The van der Waals surface area contributed by atoms with Gasteiger partial charge in [0, 0.05) is 19.1 Å². The molecule has 1 aliphatic heterocycles. The van der Waals surface area contributed by atoms with Crippen LogP contribution in [0.4, 0.5) is 10.3 Å². The van der Waals surface area contributed by atoms with E-state index >= 15 is 0 Å². The minimum atomic E-state index is -0.405. The van der Waals surface area contributed by atoms with E-state index in [0.29, 0.717) is 18.5 Å². The van der Waals surface area contributed by atoms with Crippen LogP contribution in [0.2, 0.25) is 0 Å². The van der Waals surface area contributed by atoms with Crippen LogP contribution in [0.15, 0.2) is 12.4 Å². The van der Waals surface area contributed by atoms with Crippen molar-refractivity contribution in [2.75, 3.05) is 18.0 Å². The van der Waals surface area contributed by atoms with Gasteiger partial charge in [0.2, 0.25) is 5.95 Å². The number of hydrogen-bond acceptors (Lipinski definition) is 4. The van der Waals surface area contributed by atoms with Gasteiger partial charge in [-0.25, -0.2) is 14.4 Å². The summed E-state index contributed by atoms with van der Waals surface area (Å²) in [5.41, 5.74) is 5.62. The van der Waals surface area contributed by atoms with E-state index in [2.05, 4.69) is 9.97 Å². The molecule has 1 unspecified atom stereocenters. The summed E-state index contributed by atoms with van der Waals surface area (Å²) in [6.45, 7) is 1.51. The van der Waals surface area contributed by atoms with Crippen molar-refractivity contribution in [2.24, 2.45) is 5.73 Å². The third kappa shape index (κ3) is 3.17. The molecule has 4 nitrogen and oxygen atoms in total. The molecule has 1 fully saturated rings. The molecule has 2 rings (SSSR count). The molecule has 16 heavy (non-hydrogen) atoms. The molecule has 1 aliphatic rings. The van der Waals surface area contributed by atoms with Crippen LogP contribution in [0, 0.1) is 5.82 Å². The van der Waals surface area contributed by atoms with Crippen LogP contribution >= 0.6 is 24.8 Å². The second-order valence-electron chi connectivity index (χ2n) is 3.43. The number of nitrogens with zero attached hydrogens (tertiary/aromatic N) is 3. The van der Waals surface area contributed by atoms with Gasteiger partial charge in [0.15, 0.2) is 5.82 Å². The van der Waals surface area contributed by atoms with Gasteiger partial charge in [-0.05, 0) is 12.8 Å². The Morgan fingerprint density at radius 3 is 2.56 bits per heavy atom.